The van der Waals surface area contributed by atoms with Crippen LogP contribution in [0.1, 0.15) is 44.3 Å². The van der Waals surface area contributed by atoms with Gasteiger partial charge in [-0.05, 0) is 31.7 Å². The smallest absolute Gasteiger partial charge is 0.0834 e. The molecule has 96 valence electrons. The van der Waals surface area contributed by atoms with Crippen molar-refractivity contribution < 1.29 is 0 Å². The van der Waals surface area contributed by atoms with Gasteiger partial charge < -0.3 is 5.32 Å². The topological polar surface area (TPSA) is 29.9 Å². The maximum Gasteiger partial charge on any atom is 0.0834 e. The van der Waals surface area contributed by atoms with Gasteiger partial charge in [-0.25, -0.2) is 0 Å². The van der Waals surface area contributed by atoms with Gasteiger partial charge in [0.1, 0.15) is 0 Å². The Balaban J connectivity index is 2.21. The van der Waals surface area contributed by atoms with Crippen molar-refractivity contribution in [3.63, 3.8) is 0 Å². The normalized spacial score (nSPS) is 27.1. The Labute approximate surface area is 109 Å². The fourth-order valence-corrected chi connectivity index (χ4v) is 3.43. The van der Waals surface area contributed by atoms with E-state index in [1.54, 1.807) is 6.20 Å². The van der Waals surface area contributed by atoms with E-state index < -0.39 is 0 Å². The second kappa shape index (κ2) is 5.40. The van der Waals surface area contributed by atoms with Gasteiger partial charge in [0.05, 0.1) is 23.0 Å². The van der Waals surface area contributed by atoms with Gasteiger partial charge in [0.2, 0.25) is 0 Å². The maximum absolute atomic E-state index is 6.25. The molecule has 17 heavy (non-hydrogen) atoms. The molecule has 1 aliphatic carbocycles. The molecule has 1 aromatic heterocycles. The summed E-state index contributed by atoms with van der Waals surface area (Å²) in [5.41, 5.74) is 1.13. The first kappa shape index (κ1) is 12.9. The van der Waals surface area contributed by atoms with Crippen molar-refractivity contribution >= 4 is 11.6 Å². The molecule has 0 bridgehead atoms. The van der Waals surface area contributed by atoms with Crippen LogP contribution in [0.25, 0.3) is 0 Å². The lowest BCUT2D eigenvalue weighted by atomic mass is 9.77. The maximum atomic E-state index is 6.25. The molecule has 0 aromatic carbocycles. The molecule has 0 spiro atoms. The van der Waals surface area contributed by atoms with Crippen molar-refractivity contribution in [3.8, 4) is 0 Å². The minimum absolute atomic E-state index is 0.331. The van der Waals surface area contributed by atoms with E-state index in [4.69, 9.17) is 11.6 Å². The molecular formula is C13H22ClN3. The third-order valence-corrected chi connectivity index (χ3v) is 4.28. The molecule has 0 aliphatic heterocycles. The Kier molecular flexibility index (Phi) is 4.10. The lowest BCUT2D eigenvalue weighted by Gasteiger charge is -2.33. The van der Waals surface area contributed by atoms with Crippen LogP contribution < -0.4 is 5.32 Å². The van der Waals surface area contributed by atoms with Crippen LogP contribution in [0, 0.1) is 11.8 Å². The fourth-order valence-electron chi connectivity index (χ4n) is 3.15. The number of nitrogens with one attached hydrogen (secondary N) is 1. The number of halogens is 1. The Morgan fingerprint density at radius 2 is 2.29 bits per heavy atom. The Bertz CT molecular complexity index is 355. The molecule has 1 N–H and O–H groups in total. The number of rotatable bonds is 3. The van der Waals surface area contributed by atoms with Crippen LogP contribution in [-0.2, 0) is 7.05 Å². The summed E-state index contributed by atoms with van der Waals surface area (Å²) in [5.74, 6) is 1.51. The predicted octanol–water partition coefficient (Wildman–Crippen LogP) is 3.16. The molecule has 1 saturated carbocycles. The minimum atomic E-state index is 0.331. The summed E-state index contributed by atoms with van der Waals surface area (Å²) in [6.07, 6.45) is 7.02. The van der Waals surface area contributed by atoms with Crippen molar-refractivity contribution in [3.05, 3.63) is 16.9 Å². The van der Waals surface area contributed by atoms with E-state index in [9.17, 15) is 0 Å². The fraction of sp³-hybridized carbons (Fsp3) is 0.769. The number of hydrogen-bond donors (Lipinski definition) is 1. The van der Waals surface area contributed by atoms with Crippen LogP contribution in [0.5, 0.6) is 0 Å². The van der Waals surface area contributed by atoms with Crippen molar-refractivity contribution in [2.45, 2.75) is 38.6 Å². The van der Waals surface area contributed by atoms with Crippen molar-refractivity contribution in [2.75, 3.05) is 7.05 Å². The highest BCUT2D eigenvalue weighted by molar-refractivity contribution is 6.31. The van der Waals surface area contributed by atoms with E-state index in [0.29, 0.717) is 12.0 Å². The van der Waals surface area contributed by atoms with E-state index >= 15 is 0 Å². The van der Waals surface area contributed by atoms with Gasteiger partial charge in [0.25, 0.3) is 0 Å². The first-order chi connectivity index (χ1) is 8.13. The molecule has 2 rings (SSSR count). The molecule has 3 atom stereocenters. The van der Waals surface area contributed by atoms with Crippen molar-refractivity contribution in [1.82, 2.24) is 15.1 Å². The Hall–Kier alpha value is -0.540. The largest absolute Gasteiger partial charge is 0.311 e. The van der Waals surface area contributed by atoms with Gasteiger partial charge in [0, 0.05) is 7.05 Å². The van der Waals surface area contributed by atoms with E-state index in [1.807, 2.05) is 18.8 Å². The highest BCUT2D eigenvalue weighted by Gasteiger charge is 2.29. The zero-order valence-electron chi connectivity index (χ0n) is 10.9. The van der Waals surface area contributed by atoms with E-state index in [2.05, 4.69) is 17.3 Å². The molecule has 3 unspecified atom stereocenters. The molecule has 4 heteroatoms. The predicted molar refractivity (Wildman–Crippen MR) is 71.1 cm³/mol. The van der Waals surface area contributed by atoms with Crippen molar-refractivity contribution in [2.24, 2.45) is 18.9 Å². The Morgan fingerprint density at radius 3 is 2.82 bits per heavy atom. The van der Waals surface area contributed by atoms with Crippen molar-refractivity contribution in [1.29, 1.82) is 0 Å². The highest BCUT2D eigenvalue weighted by atomic mass is 35.5. The Morgan fingerprint density at radius 1 is 1.53 bits per heavy atom. The molecule has 0 radical (unpaired) electrons. The first-order valence-corrected chi connectivity index (χ1v) is 6.86. The molecule has 1 fully saturated rings. The average molecular weight is 256 g/mol. The SMILES string of the molecule is CNC(c1c(Cl)cnn1C)C1CCCC(C)C1. The second-order valence-electron chi connectivity index (χ2n) is 5.30. The summed E-state index contributed by atoms with van der Waals surface area (Å²) in [6, 6.07) is 0.331. The van der Waals surface area contributed by atoms with Crippen LogP contribution in [0.2, 0.25) is 5.02 Å². The molecule has 1 heterocycles. The molecule has 0 amide bonds. The quantitative estimate of drug-likeness (QED) is 0.899. The summed E-state index contributed by atoms with van der Waals surface area (Å²) >= 11 is 6.25. The van der Waals surface area contributed by atoms with Crippen LogP contribution in [0.3, 0.4) is 0 Å². The lowest BCUT2D eigenvalue weighted by molar-refractivity contribution is 0.224. The zero-order valence-corrected chi connectivity index (χ0v) is 11.7. The monoisotopic (exact) mass is 255 g/mol. The molecular weight excluding hydrogens is 234 g/mol. The molecule has 0 saturated heterocycles. The number of hydrogen-bond acceptors (Lipinski definition) is 2. The average Bonchev–Trinajstić information content (AvgIpc) is 2.62. The third-order valence-electron chi connectivity index (χ3n) is 3.99. The summed E-state index contributed by atoms with van der Waals surface area (Å²) in [4.78, 5) is 0. The van der Waals surface area contributed by atoms with E-state index in [1.165, 1.54) is 25.7 Å². The standard InChI is InChI=1S/C13H22ClN3/c1-9-5-4-6-10(7-9)12(15-2)13-11(14)8-16-17(13)3/h8-10,12,15H,4-7H2,1-3H3. The number of aromatic nitrogens is 2. The van der Waals surface area contributed by atoms with Crippen LogP contribution in [0.15, 0.2) is 6.20 Å². The van der Waals surface area contributed by atoms with Gasteiger partial charge in [-0.15, -0.1) is 0 Å². The van der Waals surface area contributed by atoms with Gasteiger partial charge >= 0.3 is 0 Å². The summed E-state index contributed by atoms with van der Waals surface area (Å²) in [6.45, 7) is 2.35. The molecule has 3 nitrogen and oxygen atoms in total. The summed E-state index contributed by atoms with van der Waals surface area (Å²) in [5, 5.41) is 8.46. The van der Waals surface area contributed by atoms with Crippen LogP contribution in [-0.4, -0.2) is 16.8 Å². The van der Waals surface area contributed by atoms with Crippen LogP contribution >= 0.6 is 11.6 Å². The number of nitrogens with zero attached hydrogens (tertiary/aromatic N) is 2. The molecule has 1 aromatic rings. The van der Waals surface area contributed by atoms with Gasteiger partial charge in [-0.2, -0.15) is 5.10 Å². The lowest BCUT2D eigenvalue weighted by Crippen LogP contribution is -2.30. The van der Waals surface area contributed by atoms with Gasteiger partial charge in [-0.3, -0.25) is 4.68 Å². The van der Waals surface area contributed by atoms with Crippen LogP contribution in [0.4, 0.5) is 0 Å². The van der Waals surface area contributed by atoms with Gasteiger partial charge in [-0.1, -0.05) is 31.4 Å². The highest BCUT2D eigenvalue weighted by Crippen LogP contribution is 2.38. The third kappa shape index (κ3) is 2.66. The van der Waals surface area contributed by atoms with E-state index in [-0.39, 0.29) is 0 Å². The minimum Gasteiger partial charge on any atom is -0.311 e. The zero-order chi connectivity index (χ0) is 12.4. The number of aryl methyl sites for hydroxylation is 1. The summed E-state index contributed by atoms with van der Waals surface area (Å²) in [7, 11) is 3.99. The second-order valence-corrected chi connectivity index (χ2v) is 5.71. The molecule has 1 aliphatic rings. The van der Waals surface area contributed by atoms with Gasteiger partial charge in [0.15, 0.2) is 0 Å². The summed E-state index contributed by atoms with van der Waals surface area (Å²) < 4.78 is 1.91. The van der Waals surface area contributed by atoms with E-state index in [0.717, 1.165) is 16.6 Å². The first-order valence-electron chi connectivity index (χ1n) is 6.48.